The van der Waals surface area contributed by atoms with Gasteiger partial charge < -0.3 is 14.6 Å². The van der Waals surface area contributed by atoms with Gasteiger partial charge in [-0.25, -0.2) is 0 Å². The van der Waals surface area contributed by atoms with Crippen LogP contribution in [0.25, 0.3) is 0 Å². The summed E-state index contributed by atoms with van der Waals surface area (Å²) in [5.41, 5.74) is 1.87. The molecule has 27 heavy (non-hydrogen) atoms. The third-order valence-corrected chi connectivity index (χ3v) is 5.35. The zero-order valence-electron chi connectivity index (χ0n) is 15.5. The van der Waals surface area contributed by atoms with Gasteiger partial charge in [-0.1, -0.05) is 23.7 Å². The summed E-state index contributed by atoms with van der Waals surface area (Å²) in [6.45, 7) is 3.81. The number of halogens is 1. The number of carbonyl (C=O) groups is 2. The van der Waals surface area contributed by atoms with Gasteiger partial charge >= 0.3 is 0 Å². The minimum Gasteiger partial charge on any atom is -0.459 e. The molecule has 2 heterocycles. The first-order chi connectivity index (χ1) is 13.0. The van der Waals surface area contributed by atoms with Crippen molar-refractivity contribution in [3.05, 3.63) is 58.5 Å². The fourth-order valence-electron chi connectivity index (χ4n) is 3.43. The van der Waals surface area contributed by atoms with Crippen molar-refractivity contribution in [1.29, 1.82) is 0 Å². The number of carbonyl (C=O) groups excluding carboxylic acids is 2. The second-order valence-electron chi connectivity index (χ2n) is 7.11. The molecular weight excluding hydrogens is 364 g/mol. The number of aryl methyl sites for hydroxylation is 1. The number of amides is 2. The molecule has 3 rings (SSSR count). The van der Waals surface area contributed by atoms with E-state index in [-0.39, 0.29) is 11.8 Å². The lowest BCUT2D eigenvalue weighted by Gasteiger charge is -2.31. The Bertz CT molecular complexity index is 794. The summed E-state index contributed by atoms with van der Waals surface area (Å²) in [7, 11) is 0. The Morgan fingerprint density at radius 3 is 2.70 bits per heavy atom. The molecule has 1 N–H and O–H groups in total. The number of nitrogens with one attached hydrogen (secondary N) is 1. The van der Waals surface area contributed by atoms with E-state index in [9.17, 15) is 9.59 Å². The molecule has 1 aliphatic rings. The normalized spacial score (nSPS) is 15.0. The predicted molar refractivity (Wildman–Crippen MR) is 105 cm³/mol. The van der Waals surface area contributed by atoms with Crippen molar-refractivity contribution in [3.63, 3.8) is 0 Å². The summed E-state index contributed by atoms with van der Waals surface area (Å²) < 4.78 is 5.30. The zero-order valence-corrected chi connectivity index (χ0v) is 16.3. The highest BCUT2D eigenvalue weighted by atomic mass is 35.5. The maximum atomic E-state index is 12.5. The number of hydrogen-bond acceptors (Lipinski definition) is 3. The van der Waals surface area contributed by atoms with Crippen molar-refractivity contribution in [2.45, 2.75) is 39.2 Å². The molecule has 1 aliphatic heterocycles. The first-order valence-corrected chi connectivity index (χ1v) is 9.75. The number of piperidine rings is 1. The molecule has 0 aliphatic carbocycles. The Labute approximate surface area is 164 Å². The average Bonchev–Trinajstić information content (AvgIpc) is 3.10. The molecule has 2 aromatic rings. The van der Waals surface area contributed by atoms with Crippen LogP contribution in [-0.4, -0.2) is 29.8 Å². The van der Waals surface area contributed by atoms with E-state index in [1.165, 1.54) is 0 Å². The highest BCUT2D eigenvalue weighted by molar-refractivity contribution is 6.30. The van der Waals surface area contributed by atoms with E-state index in [4.69, 9.17) is 16.0 Å². The van der Waals surface area contributed by atoms with Crippen LogP contribution in [0, 0.1) is 12.8 Å². The lowest BCUT2D eigenvalue weighted by Crippen LogP contribution is -2.38. The zero-order chi connectivity index (χ0) is 19.2. The molecule has 1 aromatic heterocycles. The summed E-state index contributed by atoms with van der Waals surface area (Å²) in [5, 5.41) is 3.62. The molecule has 1 aromatic carbocycles. The average molecular weight is 389 g/mol. The first-order valence-electron chi connectivity index (χ1n) is 9.37. The Morgan fingerprint density at radius 2 is 2.04 bits per heavy atom. The molecule has 2 amide bonds. The predicted octanol–water partition coefficient (Wildman–Crippen LogP) is 4.19. The van der Waals surface area contributed by atoms with E-state index in [0.29, 0.717) is 42.8 Å². The lowest BCUT2D eigenvalue weighted by molar-refractivity contribution is -0.121. The van der Waals surface area contributed by atoms with E-state index < -0.39 is 0 Å². The summed E-state index contributed by atoms with van der Waals surface area (Å²) in [4.78, 5) is 26.4. The van der Waals surface area contributed by atoms with Crippen molar-refractivity contribution in [3.8, 4) is 0 Å². The van der Waals surface area contributed by atoms with Crippen LogP contribution in [0.5, 0.6) is 0 Å². The van der Waals surface area contributed by atoms with E-state index >= 15 is 0 Å². The monoisotopic (exact) mass is 388 g/mol. The molecule has 0 radical (unpaired) electrons. The molecule has 1 saturated heterocycles. The number of hydrogen-bond donors (Lipinski definition) is 1. The quantitative estimate of drug-likeness (QED) is 0.807. The van der Waals surface area contributed by atoms with Crippen molar-refractivity contribution in [2.75, 3.05) is 13.1 Å². The fourth-order valence-corrected chi connectivity index (χ4v) is 3.64. The molecule has 5 nitrogen and oxygen atoms in total. The van der Waals surface area contributed by atoms with Crippen molar-refractivity contribution in [2.24, 2.45) is 5.92 Å². The van der Waals surface area contributed by atoms with Crippen LogP contribution in [-0.2, 0) is 11.3 Å². The van der Waals surface area contributed by atoms with Crippen molar-refractivity contribution < 1.29 is 14.0 Å². The first kappa shape index (κ1) is 19.5. The third-order valence-electron chi connectivity index (χ3n) is 5.12. The maximum Gasteiger partial charge on any atom is 0.289 e. The van der Waals surface area contributed by atoms with Gasteiger partial charge in [0.15, 0.2) is 5.76 Å². The highest BCUT2D eigenvalue weighted by Crippen LogP contribution is 2.24. The topological polar surface area (TPSA) is 62.6 Å². The van der Waals surface area contributed by atoms with E-state index in [1.807, 2.05) is 42.2 Å². The van der Waals surface area contributed by atoms with Gasteiger partial charge in [-0.2, -0.15) is 0 Å². The van der Waals surface area contributed by atoms with Crippen LogP contribution in [0.15, 0.2) is 41.0 Å². The van der Waals surface area contributed by atoms with Gasteiger partial charge in [0.1, 0.15) is 0 Å². The smallest absolute Gasteiger partial charge is 0.289 e. The number of likely N-dealkylation sites (tertiary alicyclic amines) is 1. The minimum absolute atomic E-state index is 0.0322. The molecule has 0 spiro atoms. The summed E-state index contributed by atoms with van der Waals surface area (Å²) >= 11 is 5.95. The Balaban J connectivity index is 1.37. The second-order valence-corrected chi connectivity index (χ2v) is 7.55. The van der Waals surface area contributed by atoms with Gasteiger partial charge in [0.2, 0.25) is 5.91 Å². The second kappa shape index (κ2) is 9.09. The summed E-state index contributed by atoms with van der Waals surface area (Å²) in [6, 6.07) is 9.30. The molecular formula is C21H25ClN2O3. The minimum atomic E-state index is -0.0322. The van der Waals surface area contributed by atoms with Gasteiger partial charge in [0, 0.05) is 36.6 Å². The van der Waals surface area contributed by atoms with Gasteiger partial charge in [-0.3, -0.25) is 9.59 Å². The standard InChI is InChI=1S/C21H25ClN2O3/c1-15-9-12-27-20(15)21(26)24-10-7-16(8-11-24)5-6-19(25)23-14-17-3-2-4-18(22)13-17/h2-4,9,12-13,16H,5-8,10-11,14H2,1H3,(H,23,25). The van der Waals surface area contributed by atoms with E-state index in [0.717, 1.165) is 30.4 Å². The van der Waals surface area contributed by atoms with Crippen LogP contribution in [0.2, 0.25) is 5.02 Å². The number of nitrogens with zero attached hydrogens (tertiary/aromatic N) is 1. The van der Waals surface area contributed by atoms with Crippen LogP contribution in [0.3, 0.4) is 0 Å². The van der Waals surface area contributed by atoms with Crippen LogP contribution in [0.4, 0.5) is 0 Å². The number of benzene rings is 1. The van der Waals surface area contributed by atoms with E-state index in [2.05, 4.69) is 5.32 Å². The Kier molecular flexibility index (Phi) is 6.56. The molecule has 0 saturated carbocycles. The summed E-state index contributed by atoms with van der Waals surface area (Å²) in [5.74, 6) is 0.937. The SMILES string of the molecule is Cc1ccoc1C(=O)N1CCC(CCC(=O)NCc2cccc(Cl)c2)CC1. The molecule has 0 atom stereocenters. The number of furan rings is 1. The Hall–Kier alpha value is -2.27. The van der Waals surface area contributed by atoms with Gasteiger partial charge in [0.25, 0.3) is 5.91 Å². The van der Waals surface area contributed by atoms with Gasteiger partial charge in [-0.15, -0.1) is 0 Å². The lowest BCUT2D eigenvalue weighted by atomic mass is 9.92. The van der Waals surface area contributed by atoms with E-state index in [1.54, 1.807) is 6.26 Å². The third kappa shape index (κ3) is 5.36. The molecule has 1 fully saturated rings. The molecule has 0 bridgehead atoms. The molecule has 0 unspecified atom stereocenters. The largest absolute Gasteiger partial charge is 0.459 e. The Morgan fingerprint density at radius 1 is 1.26 bits per heavy atom. The maximum absolute atomic E-state index is 12.5. The molecule has 144 valence electrons. The van der Waals surface area contributed by atoms with Crippen molar-refractivity contribution >= 4 is 23.4 Å². The fraction of sp³-hybridized carbons (Fsp3) is 0.429. The van der Waals surface area contributed by atoms with Crippen molar-refractivity contribution in [1.82, 2.24) is 10.2 Å². The van der Waals surface area contributed by atoms with Gasteiger partial charge in [0.05, 0.1) is 6.26 Å². The highest BCUT2D eigenvalue weighted by Gasteiger charge is 2.26. The number of rotatable bonds is 6. The van der Waals surface area contributed by atoms with Gasteiger partial charge in [-0.05, 0) is 55.9 Å². The van der Waals surface area contributed by atoms with Crippen LogP contribution >= 0.6 is 11.6 Å². The van der Waals surface area contributed by atoms with Crippen LogP contribution in [0.1, 0.15) is 47.4 Å². The summed E-state index contributed by atoms with van der Waals surface area (Å²) in [6.07, 6.45) is 4.76. The molecule has 6 heteroatoms. The van der Waals surface area contributed by atoms with Crippen LogP contribution < -0.4 is 5.32 Å².